The second kappa shape index (κ2) is 6.62. The fourth-order valence-corrected chi connectivity index (χ4v) is 1.16. The zero-order chi connectivity index (χ0) is 10.2. The molecule has 0 radical (unpaired) electrons. The number of ether oxygens (including phenoxy) is 2. The number of amides is 2. The van der Waals surface area contributed by atoms with Gasteiger partial charge in [0.15, 0.2) is 0 Å². The second-order valence-electron chi connectivity index (χ2n) is 3.20. The molecule has 0 aromatic rings. The standard InChI is InChI=1S/C9H18N2O3/c1-2-3-10-9(12)11-6-8-7-13-4-5-14-8/h8H,2-7H2,1H3,(H2,10,11,12). The molecule has 2 N–H and O–H groups in total. The SMILES string of the molecule is CCCNC(=O)NCC1COCCO1. The minimum Gasteiger partial charge on any atom is -0.376 e. The van der Waals surface area contributed by atoms with Gasteiger partial charge in [-0.1, -0.05) is 6.92 Å². The van der Waals surface area contributed by atoms with Crippen molar-refractivity contribution in [3.63, 3.8) is 0 Å². The Morgan fingerprint density at radius 3 is 2.93 bits per heavy atom. The molecule has 2 amide bonds. The Morgan fingerprint density at radius 2 is 2.29 bits per heavy atom. The lowest BCUT2D eigenvalue weighted by molar-refractivity contribution is -0.0853. The molecule has 1 aliphatic rings. The third kappa shape index (κ3) is 4.43. The van der Waals surface area contributed by atoms with Gasteiger partial charge in [-0.3, -0.25) is 0 Å². The van der Waals surface area contributed by atoms with Crippen LogP contribution in [-0.4, -0.2) is 45.0 Å². The largest absolute Gasteiger partial charge is 0.376 e. The smallest absolute Gasteiger partial charge is 0.314 e. The first-order chi connectivity index (χ1) is 6.83. The zero-order valence-corrected chi connectivity index (χ0v) is 8.54. The van der Waals surface area contributed by atoms with Crippen LogP contribution < -0.4 is 10.6 Å². The lowest BCUT2D eigenvalue weighted by Crippen LogP contribution is -2.43. The van der Waals surface area contributed by atoms with E-state index in [1.807, 2.05) is 6.92 Å². The van der Waals surface area contributed by atoms with E-state index in [2.05, 4.69) is 10.6 Å². The van der Waals surface area contributed by atoms with Crippen LogP contribution in [0.3, 0.4) is 0 Å². The topological polar surface area (TPSA) is 59.6 Å². The van der Waals surface area contributed by atoms with Gasteiger partial charge < -0.3 is 20.1 Å². The highest BCUT2D eigenvalue weighted by Crippen LogP contribution is 1.98. The number of hydrogen-bond acceptors (Lipinski definition) is 3. The molecular formula is C9H18N2O3. The summed E-state index contributed by atoms with van der Waals surface area (Å²) >= 11 is 0. The lowest BCUT2D eigenvalue weighted by atomic mass is 10.3. The summed E-state index contributed by atoms with van der Waals surface area (Å²) in [5.74, 6) is 0. The van der Waals surface area contributed by atoms with Crippen molar-refractivity contribution in [2.24, 2.45) is 0 Å². The minimum absolute atomic E-state index is 0.00359. The zero-order valence-electron chi connectivity index (χ0n) is 8.54. The maximum Gasteiger partial charge on any atom is 0.314 e. The molecule has 0 aliphatic carbocycles. The highest BCUT2D eigenvalue weighted by atomic mass is 16.6. The van der Waals surface area contributed by atoms with E-state index in [4.69, 9.17) is 9.47 Å². The average Bonchev–Trinajstić information content (AvgIpc) is 2.25. The van der Waals surface area contributed by atoms with Crippen LogP contribution in [0.1, 0.15) is 13.3 Å². The Labute approximate surface area is 84.1 Å². The van der Waals surface area contributed by atoms with Crippen molar-refractivity contribution >= 4 is 6.03 Å². The number of carbonyl (C=O) groups excluding carboxylic acids is 1. The second-order valence-corrected chi connectivity index (χ2v) is 3.20. The van der Waals surface area contributed by atoms with Crippen LogP contribution in [0.4, 0.5) is 4.79 Å². The molecule has 1 unspecified atom stereocenters. The Balaban J connectivity index is 2.03. The van der Waals surface area contributed by atoms with Crippen LogP contribution in [0.2, 0.25) is 0 Å². The monoisotopic (exact) mass is 202 g/mol. The summed E-state index contributed by atoms with van der Waals surface area (Å²) < 4.78 is 10.6. The number of hydrogen-bond donors (Lipinski definition) is 2. The van der Waals surface area contributed by atoms with E-state index in [1.54, 1.807) is 0 Å². The number of carbonyl (C=O) groups is 1. The summed E-state index contributed by atoms with van der Waals surface area (Å²) in [5, 5.41) is 5.46. The van der Waals surface area contributed by atoms with Gasteiger partial charge in [0, 0.05) is 13.1 Å². The molecule has 1 saturated heterocycles. The summed E-state index contributed by atoms with van der Waals surface area (Å²) in [6.07, 6.45) is 0.937. The van der Waals surface area contributed by atoms with Crippen molar-refractivity contribution in [1.29, 1.82) is 0 Å². The Bertz CT molecular complexity index is 169. The maximum absolute atomic E-state index is 11.1. The van der Waals surface area contributed by atoms with Crippen LogP contribution in [0.25, 0.3) is 0 Å². The van der Waals surface area contributed by atoms with Crippen LogP contribution in [-0.2, 0) is 9.47 Å². The molecule has 0 aromatic carbocycles. The third-order valence-electron chi connectivity index (χ3n) is 1.91. The molecule has 5 nitrogen and oxygen atoms in total. The van der Waals surface area contributed by atoms with Crippen molar-refractivity contribution in [3.8, 4) is 0 Å². The fourth-order valence-electron chi connectivity index (χ4n) is 1.16. The highest BCUT2D eigenvalue weighted by Gasteiger charge is 2.14. The number of urea groups is 1. The lowest BCUT2D eigenvalue weighted by Gasteiger charge is -2.23. The van der Waals surface area contributed by atoms with Gasteiger partial charge in [0.1, 0.15) is 0 Å². The van der Waals surface area contributed by atoms with Crippen molar-refractivity contribution in [3.05, 3.63) is 0 Å². The van der Waals surface area contributed by atoms with Gasteiger partial charge in [0.2, 0.25) is 0 Å². The molecule has 1 aliphatic heterocycles. The Hall–Kier alpha value is -0.810. The molecule has 5 heteroatoms. The molecule has 1 atom stereocenters. The minimum atomic E-state index is -0.138. The predicted octanol–water partition coefficient (Wildman–Crippen LogP) is 0.111. The fraction of sp³-hybridized carbons (Fsp3) is 0.889. The van der Waals surface area contributed by atoms with Crippen molar-refractivity contribution in [2.75, 3.05) is 32.9 Å². The van der Waals surface area contributed by atoms with Crippen LogP contribution in [0, 0.1) is 0 Å². The molecular weight excluding hydrogens is 184 g/mol. The summed E-state index contributed by atoms with van der Waals surface area (Å²) in [5.41, 5.74) is 0. The van der Waals surface area contributed by atoms with E-state index in [-0.39, 0.29) is 12.1 Å². The number of rotatable bonds is 4. The van der Waals surface area contributed by atoms with Crippen LogP contribution in [0.15, 0.2) is 0 Å². The third-order valence-corrected chi connectivity index (χ3v) is 1.91. The summed E-state index contributed by atoms with van der Waals surface area (Å²) in [4.78, 5) is 11.1. The van der Waals surface area contributed by atoms with Crippen molar-refractivity contribution in [2.45, 2.75) is 19.4 Å². The van der Waals surface area contributed by atoms with Gasteiger partial charge in [0.05, 0.1) is 25.9 Å². The van der Waals surface area contributed by atoms with Gasteiger partial charge in [-0.2, -0.15) is 0 Å². The molecule has 0 spiro atoms. The Kier molecular flexibility index (Phi) is 5.32. The molecule has 14 heavy (non-hydrogen) atoms. The van der Waals surface area contributed by atoms with Gasteiger partial charge >= 0.3 is 6.03 Å². The van der Waals surface area contributed by atoms with Crippen LogP contribution >= 0.6 is 0 Å². The number of nitrogens with one attached hydrogen (secondary N) is 2. The molecule has 0 saturated carbocycles. The van der Waals surface area contributed by atoms with Crippen molar-refractivity contribution in [1.82, 2.24) is 10.6 Å². The first-order valence-corrected chi connectivity index (χ1v) is 5.04. The highest BCUT2D eigenvalue weighted by molar-refractivity contribution is 5.73. The predicted molar refractivity (Wildman–Crippen MR) is 52.3 cm³/mol. The summed E-state index contributed by atoms with van der Waals surface area (Å²) in [7, 11) is 0. The maximum atomic E-state index is 11.1. The molecule has 1 rings (SSSR count). The average molecular weight is 202 g/mol. The van der Waals surface area contributed by atoms with Crippen molar-refractivity contribution < 1.29 is 14.3 Å². The van der Waals surface area contributed by atoms with Gasteiger partial charge in [-0.25, -0.2) is 4.79 Å². The molecule has 0 aromatic heterocycles. The molecule has 1 heterocycles. The van der Waals surface area contributed by atoms with Gasteiger partial charge in [-0.15, -0.1) is 0 Å². The normalized spacial score (nSPS) is 21.6. The molecule has 0 bridgehead atoms. The van der Waals surface area contributed by atoms with E-state index in [0.29, 0.717) is 32.9 Å². The summed E-state index contributed by atoms with van der Waals surface area (Å²) in [6.45, 7) is 5.05. The van der Waals surface area contributed by atoms with E-state index in [9.17, 15) is 4.79 Å². The van der Waals surface area contributed by atoms with E-state index in [0.717, 1.165) is 6.42 Å². The van der Waals surface area contributed by atoms with Crippen LogP contribution in [0.5, 0.6) is 0 Å². The first-order valence-electron chi connectivity index (χ1n) is 5.04. The van der Waals surface area contributed by atoms with Gasteiger partial charge in [0.25, 0.3) is 0 Å². The van der Waals surface area contributed by atoms with E-state index >= 15 is 0 Å². The Morgan fingerprint density at radius 1 is 1.43 bits per heavy atom. The first kappa shape index (κ1) is 11.3. The quantitative estimate of drug-likeness (QED) is 0.680. The molecule has 1 fully saturated rings. The molecule has 82 valence electrons. The van der Waals surface area contributed by atoms with Gasteiger partial charge in [-0.05, 0) is 6.42 Å². The van der Waals surface area contributed by atoms with E-state index in [1.165, 1.54) is 0 Å². The summed E-state index contributed by atoms with van der Waals surface area (Å²) in [6, 6.07) is -0.138. The van der Waals surface area contributed by atoms with E-state index < -0.39 is 0 Å².